The first kappa shape index (κ1) is 15.2. The van der Waals surface area contributed by atoms with E-state index < -0.39 is 0 Å². The average Bonchev–Trinajstić information content (AvgIpc) is 3.02. The van der Waals surface area contributed by atoms with Gasteiger partial charge >= 0.3 is 6.03 Å². The maximum atomic E-state index is 11.9. The van der Waals surface area contributed by atoms with E-state index in [0.717, 1.165) is 18.8 Å². The molecule has 108 valence electrons. The fourth-order valence-electron chi connectivity index (χ4n) is 1.96. The molecule has 1 fully saturated rings. The summed E-state index contributed by atoms with van der Waals surface area (Å²) in [5, 5.41) is 4.10. The Morgan fingerprint density at radius 3 is 2.53 bits per heavy atom. The molecule has 0 aliphatic carbocycles. The van der Waals surface area contributed by atoms with Crippen LogP contribution in [0.5, 0.6) is 0 Å². The SMILES string of the molecule is COC1C(C)N(C)C(=O)N1C1=NNCC1.COC=O. The Bertz CT molecular complexity index is 361. The number of amides is 2. The van der Waals surface area contributed by atoms with Gasteiger partial charge in [0.25, 0.3) is 6.47 Å². The number of nitrogens with one attached hydrogen (secondary N) is 1. The summed E-state index contributed by atoms with van der Waals surface area (Å²) in [4.78, 5) is 24.2. The smallest absolute Gasteiger partial charge is 0.327 e. The van der Waals surface area contributed by atoms with Crippen LogP contribution in [0, 0.1) is 0 Å². The molecule has 2 rings (SSSR count). The lowest BCUT2D eigenvalue weighted by Crippen LogP contribution is -2.41. The van der Waals surface area contributed by atoms with Crippen molar-refractivity contribution in [3.8, 4) is 0 Å². The van der Waals surface area contributed by atoms with Crippen molar-refractivity contribution in [1.29, 1.82) is 0 Å². The number of hydrogen-bond acceptors (Lipinski definition) is 6. The maximum Gasteiger partial charge on any atom is 0.327 e. The van der Waals surface area contributed by atoms with E-state index in [2.05, 4.69) is 15.3 Å². The second-order valence-corrected chi connectivity index (χ2v) is 4.15. The van der Waals surface area contributed by atoms with Crippen molar-refractivity contribution < 1.29 is 19.1 Å². The van der Waals surface area contributed by atoms with Gasteiger partial charge in [-0.3, -0.25) is 9.69 Å². The predicted octanol–water partition coefficient (Wildman–Crippen LogP) is -0.189. The molecule has 2 amide bonds. The van der Waals surface area contributed by atoms with Crippen LogP contribution >= 0.6 is 0 Å². The zero-order chi connectivity index (χ0) is 14.4. The fraction of sp³-hybridized carbons (Fsp3) is 0.727. The number of amidine groups is 1. The summed E-state index contributed by atoms with van der Waals surface area (Å²) in [6, 6.07) is 0.00241. The molecule has 0 radical (unpaired) electrons. The first-order chi connectivity index (χ1) is 9.08. The van der Waals surface area contributed by atoms with Crippen molar-refractivity contribution in [3.63, 3.8) is 0 Å². The van der Waals surface area contributed by atoms with Gasteiger partial charge in [0.2, 0.25) is 0 Å². The van der Waals surface area contributed by atoms with E-state index in [1.165, 1.54) is 7.11 Å². The van der Waals surface area contributed by atoms with E-state index in [1.54, 1.807) is 24.0 Å². The highest BCUT2D eigenvalue weighted by Gasteiger charge is 2.44. The van der Waals surface area contributed by atoms with Gasteiger partial charge in [-0.2, -0.15) is 5.10 Å². The minimum absolute atomic E-state index is 0.0446. The lowest BCUT2D eigenvalue weighted by molar-refractivity contribution is -0.126. The Hall–Kier alpha value is -1.83. The van der Waals surface area contributed by atoms with Crippen molar-refractivity contribution >= 4 is 18.3 Å². The Balaban J connectivity index is 0.000000399. The number of carbonyl (C=O) groups excluding carboxylic acids is 2. The van der Waals surface area contributed by atoms with E-state index in [-0.39, 0.29) is 18.3 Å². The molecule has 0 aromatic rings. The number of rotatable bonds is 2. The maximum absolute atomic E-state index is 11.9. The van der Waals surface area contributed by atoms with Crippen molar-refractivity contribution in [2.24, 2.45) is 5.10 Å². The normalized spacial score (nSPS) is 25.5. The summed E-state index contributed by atoms with van der Waals surface area (Å²) < 4.78 is 9.21. The first-order valence-electron chi connectivity index (χ1n) is 5.93. The first-order valence-corrected chi connectivity index (χ1v) is 5.93. The number of nitrogens with zero attached hydrogens (tertiary/aromatic N) is 3. The van der Waals surface area contributed by atoms with Crippen molar-refractivity contribution in [3.05, 3.63) is 0 Å². The van der Waals surface area contributed by atoms with E-state index in [9.17, 15) is 4.79 Å². The highest BCUT2D eigenvalue weighted by molar-refractivity contribution is 5.99. The van der Waals surface area contributed by atoms with Crippen molar-refractivity contribution in [2.45, 2.75) is 25.6 Å². The van der Waals surface area contributed by atoms with Crippen LogP contribution in [0.15, 0.2) is 5.10 Å². The van der Waals surface area contributed by atoms with Crippen molar-refractivity contribution in [1.82, 2.24) is 15.2 Å². The number of likely N-dealkylation sites (N-methyl/N-ethyl adjacent to an activating group) is 1. The van der Waals surface area contributed by atoms with Gasteiger partial charge in [0, 0.05) is 27.1 Å². The molecule has 1 saturated heterocycles. The van der Waals surface area contributed by atoms with Gasteiger partial charge in [-0.25, -0.2) is 4.79 Å². The highest BCUT2D eigenvalue weighted by Crippen LogP contribution is 2.23. The van der Waals surface area contributed by atoms with E-state index >= 15 is 0 Å². The minimum Gasteiger partial charge on any atom is -0.471 e. The lowest BCUT2D eigenvalue weighted by atomic mass is 10.3. The second-order valence-electron chi connectivity index (χ2n) is 4.15. The van der Waals surface area contributed by atoms with Gasteiger partial charge in [0.15, 0.2) is 6.23 Å². The number of hydrogen-bond donors (Lipinski definition) is 1. The van der Waals surface area contributed by atoms with Crippen LogP contribution in [0.3, 0.4) is 0 Å². The number of methoxy groups -OCH3 is 2. The van der Waals surface area contributed by atoms with E-state index in [0.29, 0.717) is 6.47 Å². The summed E-state index contributed by atoms with van der Waals surface area (Å²) >= 11 is 0. The average molecular weight is 272 g/mol. The van der Waals surface area contributed by atoms with Crippen LogP contribution in [0.4, 0.5) is 4.79 Å². The molecule has 0 aromatic carbocycles. The molecule has 2 unspecified atom stereocenters. The number of carbonyl (C=O) groups is 2. The van der Waals surface area contributed by atoms with Gasteiger partial charge in [0.1, 0.15) is 5.84 Å². The van der Waals surface area contributed by atoms with Crippen LogP contribution < -0.4 is 5.43 Å². The lowest BCUT2D eigenvalue weighted by Gasteiger charge is -2.22. The predicted molar refractivity (Wildman–Crippen MR) is 68.4 cm³/mol. The molecule has 0 bridgehead atoms. The van der Waals surface area contributed by atoms with Gasteiger partial charge in [-0.15, -0.1) is 0 Å². The molecule has 2 aliphatic heterocycles. The zero-order valence-corrected chi connectivity index (χ0v) is 11.6. The quantitative estimate of drug-likeness (QED) is 0.704. The highest BCUT2D eigenvalue weighted by atomic mass is 16.5. The Labute approximate surface area is 112 Å². The Morgan fingerprint density at radius 1 is 1.47 bits per heavy atom. The molecule has 0 saturated carbocycles. The third-order valence-electron chi connectivity index (χ3n) is 3.07. The second kappa shape index (κ2) is 6.93. The van der Waals surface area contributed by atoms with Crippen LogP contribution in [0.1, 0.15) is 13.3 Å². The summed E-state index contributed by atoms with van der Waals surface area (Å²) in [6.07, 6.45) is 0.535. The van der Waals surface area contributed by atoms with E-state index in [4.69, 9.17) is 9.53 Å². The summed E-state index contributed by atoms with van der Waals surface area (Å²) in [5.41, 5.74) is 2.86. The fourth-order valence-corrected chi connectivity index (χ4v) is 1.96. The monoisotopic (exact) mass is 272 g/mol. The molecule has 2 atom stereocenters. The number of ether oxygens (including phenoxy) is 2. The van der Waals surface area contributed by atoms with Gasteiger partial charge in [-0.05, 0) is 6.92 Å². The zero-order valence-electron chi connectivity index (χ0n) is 11.6. The van der Waals surface area contributed by atoms with E-state index in [1.807, 2.05) is 6.92 Å². The van der Waals surface area contributed by atoms with Crippen LogP contribution in [0.2, 0.25) is 0 Å². The summed E-state index contributed by atoms with van der Waals surface area (Å²) in [6.45, 7) is 3.13. The summed E-state index contributed by atoms with van der Waals surface area (Å²) in [5.74, 6) is 0.767. The molecule has 8 nitrogen and oxygen atoms in total. The van der Waals surface area contributed by atoms with Gasteiger partial charge in [0.05, 0.1) is 13.2 Å². The Kier molecular flexibility index (Phi) is 5.56. The molecular weight excluding hydrogens is 252 g/mol. The standard InChI is InChI=1S/C9H16N4O2.C2H4O2/c1-6-8(15-3)13(9(14)12(6)2)7-4-5-10-11-7;1-4-2-3/h6,8,10H,4-5H2,1-3H3;2H,1H3. The summed E-state index contributed by atoms with van der Waals surface area (Å²) in [7, 11) is 4.71. The number of hydrazone groups is 1. The molecule has 8 heteroatoms. The molecule has 0 spiro atoms. The van der Waals surface area contributed by atoms with Crippen LogP contribution in [-0.4, -0.2) is 68.2 Å². The molecule has 2 heterocycles. The number of urea groups is 1. The molecule has 19 heavy (non-hydrogen) atoms. The third kappa shape index (κ3) is 3.14. The van der Waals surface area contributed by atoms with Crippen molar-refractivity contribution in [2.75, 3.05) is 27.8 Å². The third-order valence-corrected chi connectivity index (χ3v) is 3.07. The van der Waals surface area contributed by atoms with Crippen LogP contribution in [-0.2, 0) is 14.3 Å². The van der Waals surface area contributed by atoms with Crippen LogP contribution in [0.25, 0.3) is 0 Å². The minimum atomic E-state index is -0.235. The Morgan fingerprint density at radius 2 is 2.11 bits per heavy atom. The largest absolute Gasteiger partial charge is 0.471 e. The van der Waals surface area contributed by atoms with Gasteiger partial charge < -0.3 is 19.8 Å². The molecular formula is C11H20N4O4. The molecule has 2 aliphatic rings. The molecule has 1 N–H and O–H groups in total. The topological polar surface area (TPSA) is 83.5 Å². The molecule has 0 aromatic heterocycles. The van der Waals surface area contributed by atoms with Gasteiger partial charge in [-0.1, -0.05) is 0 Å².